The molecule has 7 heteroatoms. The molecule has 0 radical (unpaired) electrons. The number of hydrogen-bond acceptors (Lipinski definition) is 3. The number of benzene rings is 1. The summed E-state index contributed by atoms with van der Waals surface area (Å²) in [5.74, 6) is -0.718. The maximum Gasteiger partial charge on any atom is 0.241 e. The van der Waals surface area contributed by atoms with Crippen LogP contribution in [0.5, 0.6) is 0 Å². The highest BCUT2D eigenvalue weighted by molar-refractivity contribution is 14.1. The monoisotopic (exact) mass is 340 g/mol. The summed E-state index contributed by atoms with van der Waals surface area (Å²) in [5, 5.41) is 0. The molecule has 1 aromatic rings. The molecule has 0 atom stereocenters. The summed E-state index contributed by atoms with van der Waals surface area (Å²) in [6, 6.07) is 6.26. The smallest absolute Gasteiger partial charge is 0.241 e. The zero-order valence-corrected chi connectivity index (χ0v) is 10.6. The molecule has 0 aliphatic rings. The second-order valence-corrected chi connectivity index (χ2v) is 5.76. The van der Waals surface area contributed by atoms with Gasteiger partial charge in [0, 0.05) is 3.57 Å². The van der Waals surface area contributed by atoms with E-state index in [0.29, 0.717) is 0 Å². The van der Waals surface area contributed by atoms with Crippen molar-refractivity contribution in [1.82, 2.24) is 4.72 Å². The summed E-state index contributed by atoms with van der Waals surface area (Å²) in [6.45, 7) is -0.395. The molecule has 0 fully saturated rings. The quantitative estimate of drug-likeness (QED) is 0.760. The lowest BCUT2D eigenvalue weighted by atomic mass is 10.4. The Hall–Kier alpha value is -0.670. The molecule has 0 aliphatic carbocycles. The number of hydrogen-bond donors (Lipinski definition) is 2. The van der Waals surface area contributed by atoms with Gasteiger partial charge in [-0.1, -0.05) is 0 Å². The van der Waals surface area contributed by atoms with Crippen LogP contribution in [0.4, 0.5) is 0 Å². The average Bonchev–Trinajstić information content (AvgIpc) is 2.16. The highest BCUT2D eigenvalue weighted by Crippen LogP contribution is 2.11. The van der Waals surface area contributed by atoms with Crippen LogP contribution in [0.1, 0.15) is 0 Å². The number of carbonyl (C=O) groups is 1. The highest BCUT2D eigenvalue weighted by atomic mass is 127. The number of primary amides is 1. The zero-order chi connectivity index (χ0) is 11.5. The van der Waals surface area contributed by atoms with E-state index in [0.717, 1.165) is 3.57 Å². The molecular weight excluding hydrogens is 331 g/mol. The highest BCUT2D eigenvalue weighted by Gasteiger charge is 2.13. The molecule has 0 aliphatic heterocycles. The topological polar surface area (TPSA) is 89.3 Å². The van der Waals surface area contributed by atoms with Gasteiger partial charge in [-0.15, -0.1) is 0 Å². The van der Waals surface area contributed by atoms with Gasteiger partial charge in [0.2, 0.25) is 15.9 Å². The van der Waals surface area contributed by atoms with Crippen LogP contribution >= 0.6 is 22.6 Å². The Labute approximate surface area is 101 Å². The molecule has 15 heavy (non-hydrogen) atoms. The van der Waals surface area contributed by atoms with Crippen LogP contribution in [0, 0.1) is 3.57 Å². The third-order valence-corrected chi connectivity index (χ3v) is 3.70. The van der Waals surface area contributed by atoms with Gasteiger partial charge < -0.3 is 5.73 Å². The number of nitrogens with one attached hydrogen (secondary N) is 1. The van der Waals surface area contributed by atoms with Crippen LogP contribution in [0.2, 0.25) is 0 Å². The molecule has 82 valence electrons. The predicted molar refractivity (Wildman–Crippen MR) is 63.5 cm³/mol. The van der Waals surface area contributed by atoms with Gasteiger partial charge in [-0.25, -0.2) is 13.1 Å². The van der Waals surface area contributed by atoms with E-state index in [1.807, 2.05) is 0 Å². The van der Waals surface area contributed by atoms with Crippen LogP contribution in [0.25, 0.3) is 0 Å². The van der Waals surface area contributed by atoms with Gasteiger partial charge in [-0.05, 0) is 46.9 Å². The molecule has 0 saturated carbocycles. The standard InChI is InChI=1S/C8H9IN2O3S/c9-6-1-3-7(4-2-6)15(13,14)11-5-8(10)12/h1-4,11H,5H2,(H2,10,12). The van der Waals surface area contributed by atoms with E-state index in [-0.39, 0.29) is 4.90 Å². The number of halogens is 1. The molecule has 1 rings (SSSR count). The largest absolute Gasteiger partial charge is 0.369 e. The summed E-state index contributed by atoms with van der Waals surface area (Å²) >= 11 is 2.07. The fourth-order valence-corrected chi connectivity index (χ4v) is 2.22. The van der Waals surface area contributed by atoms with Crippen molar-refractivity contribution in [3.05, 3.63) is 27.8 Å². The van der Waals surface area contributed by atoms with Gasteiger partial charge in [0.1, 0.15) is 0 Å². The van der Waals surface area contributed by atoms with Crippen LogP contribution in [-0.4, -0.2) is 20.9 Å². The first kappa shape index (κ1) is 12.4. The minimum absolute atomic E-state index is 0.115. The fourth-order valence-electron chi connectivity index (χ4n) is 0.863. The summed E-state index contributed by atoms with van der Waals surface area (Å²) < 4.78 is 26.1. The second kappa shape index (κ2) is 4.90. The van der Waals surface area contributed by atoms with E-state index in [9.17, 15) is 13.2 Å². The Morgan fingerprint density at radius 1 is 1.33 bits per heavy atom. The molecule has 5 nitrogen and oxygen atoms in total. The Balaban J connectivity index is 2.87. The molecule has 0 unspecified atom stereocenters. The second-order valence-electron chi connectivity index (χ2n) is 2.74. The van der Waals surface area contributed by atoms with E-state index in [2.05, 4.69) is 27.3 Å². The number of rotatable bonds is 4. The van der Waals surface area contributed by atoms with Crippen molar-refractivity contribution in [3.63, 3.8) is 0 Å². The molecule has 0 saturated heterocycles. The van der Waals surface area contributed by atoms with Gasteiger partial charge in [0.25, 0.3) is 0 Å². The molecule has 0 aromatic heterocycles. The number of nitrogens with two attached hydrogens (primary N) is 1. The van der Waals surface area contributed by atoms with Crippen molar-refractivity contribution < 1.29 is 13.2 Å². The predicted octanol–water partition coefficient (Wildman–Crippen LogP) is 0.0548. The molecule has 0 bridgehead atoms. The SMILES string of the molecule is NC(=O)CNS(=O)(=O)c1ccc(I)cc1. The first-order chi connectivity index (χ1) is 6.92. The van der Waals surface area contributed by atoms with Crippen LogP contribution < -0.4 is 10.5 Å². The molecule has 0 heterocycles. The van der Waals surface area contributed by atoms with Crippen molar-refractivity contribution >= 4 is 38.5 Å². The summed E-state index contributed by atoms with van der Waals surface area (Å²) in [5.41, 5.74) is 4.83. The van der Waals surface area contributed by atoms with E-state index in [1.165, 1.54) is 12.1 Å². The first-order valence-electron chi connectivity index (χ1n) is 3.95. The third kappa shape index (κ3) is 3.76. The Kier molecular flexibility index (Phi) is 4.05. The number of sulfonamides is 1. The molecule has 1 amide bonds. The zero-order valence-electron chi connectivity index (χ0n) is 7.60. The van der Waals surface area contributed by atoms with Crippen molar-refractivity contribution in [2.24, 2.45) is 5.73 Å². The van der Waals surface area contributed by atoms with Crippen LogP contribution in [0.15, 0.2) is 29.2 Å². The summed E-state index contributed by atoms with van der Waals surface area (Å²) in [6.07, 6.45) is 0. The maximum atomic E-state index is 11.5. The molecule has 3 N–H and O–H groups in total. The van der Waals surface area contributed by atoms with Crippen LogP contribution in [-0.2, 0) is 14.8 Å². The molecule has 1 aromatic carbocycles. The van der Waals surface area contributed by atoms with Crippen LogP contribution in [0.3, 0.4) is 0 Å². The Bertz CT molecular complexity index is 455. The lowest BCUT2D eigenvalue weighted by Gasteiger charge is -2.04. The number of amides is 1. The first-order valence-corrected chi connectivity index (χ1v) is 6.51. The van der Waals surface area contributed by atoms with Gasteiger partial charge in [-0.3, -0.25) is 4.79 Å². The lowest BCUT2D eigenvalue weighted by molar-refractivity contribution is -0.116. The van der Waals surface area contributed by atoms with E-state index < -0.39 is 22.5 Å². The molecular formula is C8H9IN2O3S. The number of carbonyl (C=O) groups excluding carboxylic acids is 1. The molecule has 0 spiro atoms. The summed E-state index contributed by atoms with van der Waals surface area (Å²) in [7, 11) is -3.63. The Morgan fingerprint density at radius 2 is 1.87 bits per heavy atom. The lowest BCUT2D eigenvalue weighted by Crippen LogP contribution is -2.33. The van der Waals surface area contributed by atoms with Crippen molar-refractivity contribution in [2.45, 2.75) is 4.90 Å². The van der Waals surface area contributed by atoms with Gasteiger partial charge in [-0.2, -0.15) is 0 Å². The minimum Gasteiger partial charge on any atom is -0.369 e. The minimum atomic E-state index is -3.63. The average molecular weight is 340 g/mol. The summed E-state index contributed by atoms with van der Waals surface area (Å²) in [4.78, 5) is 10.5. The fraction of sp³-hybridized carbons (Fsp3) is 0.125. The third-order valence-electron chi connectivity index (χ3n) is 1.56. The Morgan fingerprint density at radius 3 is 2.33 bits per heavy atom. The van der Waals surface area contributed by atoms with Gasteiger partial charge in [0.05, 0.1) is 11.4 Å². The van der Waals surface area contributed by atoms with Gasteiger partial charge >= 0.3 is 0 Å². The van der Waals surface area contributed by atoms with E-state index in [4.69, 9.17) is 5.73 Å². The van der Waals surface area contributed by atoms with Gasteiger partial charge in [0.15, 0.2) is 0 Å². The maximum absolute atomic E-state index is 11.5. The van der Waals surface area contributed by atoms with Crippen molar-refractivity contribution in [3.8, 4) is 0 Å². The normalized spacial score (nSPS) is 11.3. The van der Waals surface area contributed by atoms with Crippen molar-refractivity contribution in [1.29, 1.82) is 0 Å². The van der Waals surface area contributed by atoms with Crippen molar-refractivity contribution in [2.75, 3.05) is 6.54 Å². The van der Waals surface area contributed by atoms with E-state index >= 15 is 0 Å². The van der Waals surface area contributed by atoms with E-state index in [1.54, 1.807) is 12.1 Å².